The molecule has 1 aromatic heterocycles. The van der Waals surface area contributed by atoms with Gasteiger partial charge in [0.2, 0.25) is 0 Å². The first-order chi connectivity index (χ1) is 16.1. The van der Waals surface area contributed by atoms with Gasteiger partial charge in [0.1, 0.15) is 5.75 Å². The molecule has 5 nitrogen and oxygen atoms in total. The lowest BCUT2D eigenvalue weighted by atomic mass is 10.0. The van der Waals surface area contributed by atoms with Gasteiger partial charge >= 0.3 is 6.61 Å². The number of nitrogens with zero attached hydrogens (tertiary/aromatic N) is 2. The molecule has 7 heteroatoms. The maximum atomic E-state index is 13.2. The van der Waals surface area contributed by atoms with Crippen LogP contribution in [0.25, 0.3) is 0 Å². The summed E-state index contributed by atoms with van der Waals surface area (Å²) in [6, 6.07) is 20.5. The second-order valence-electron chi connectivity index (χ2n) is 8.20. The van der Waals surface area contributed by atoms with Gasteiger partial charge in [-0.25, -0.2) is 0 Å². The summed E-state index contributed by atoms with van der Waals surface area (Å²) in [4.78, 5) is 17.3. The molecule has 0 bridgehead atoms. The topological polar surface area (TPSA) is 45.9 Å². The Hall–Kier alpha value is -3.19. The van der Waals surface area contributed by atoms with Gasteiger partial charge in [-0.15, -0.1) is 0 Å². The van der Waals surface area contributed by atoms with Crippen molar-refractivity contribution in [1.29, 1.82) is 0 Å². The summed E-state index contributed by atoms with van der Waals surface area (Å²) >= 11 is 0. The van der Waals surface area contributed by atoms with E-state index in [2.05, 4.69) is 21.8 Å². The number of piperidine rings is 1. The molecule has 4 rings (SSSR count). The fourth-order valence-corrected chi connectivity index (χ4v) is 4.36. The minimum atomic E-state index is -2.84. The number of halogens is 2. The Morgan fingerprint density at radius 1 is 1.03 bits per heavy atom. The second-order valence-corrected chi connectivity index (χ2v) is 8.20. The van der Waals surface area contributed by atoms with E-state index in [0.29, 0.717) is 18.8 Å². The molecule has 2 heterocycles. The fourth-order valence-electron chi connectivity index (χ4n) is 4.36. The lowest BCUT2D eigenvalue weighted by molar-refractivity contribution is -0.0508. The Labute approximate surface area is 192 Å². The first kappa shape index (κ1) is 23.0. The largest absolute Gasteiger partial charge is 0.459 e. The van der Waals surface area contributed by atoms with E-state index in [9.17, 15) is 13.6 Å². The SMILES string of the molecule is O=C(c1ccco1)N(CCc1ccccc1)C1CCN(Cc2ccccc2OC(F)F)CC1. The summed E-state index contributed by atoms with van der Waals surface area (Å²) in [5.41, 5.74) is 1.92. The van der Waals surface area contributed by atoms with Gasteiger partial charge in [0, 0.05) is 37.8 Å². The standard InChI is InChI=1S/C26H28F2N2O3/c27-26(28)33-23-10-5-4-9-21(23)19-29-15-13-22(14-16-29)30(25(31)24-11-6-18-32-24)17-12-20-7-2-1-3-8-20/h1-11,18,22,26H,12-17,19H2. The number of likely N-dealkylation sites (tertiary alicyclic amines) is 1. The van der Waals surface area contributed by atoms with E-state index in [1.165, 1.54) is 11.8 Å². The van der Waals surface area contributed by atoms with Crippen LogP contribution in [0.1, 0.15) is 34.5 Å². The van der Waals surface area contributed by atoms with Crippen LogP contribution in [0, 0.1) is 0 Å². The van der Waals surface area contributed by atoms with Crippen molar-refractivity contribution in [2.45, 2.75) is 38.5 Å². The molecular formula is C26H28F2N2O3. The lowest BCUT2D eigenvalue weighted by Crippen LogP contribution is -2.48. The van der Waals surface area contributed by atoms with Gasteiger partial charge < -0.3 is 14.1 Å². The van der Waals surface area contributed by atoms with E-state index < -0.39 is 6.61 Å². The predicted octanol–water partition coefficient (Wildman–Crippen LogP) is 5.23. The van der Waals surface area contributed by atoms with Crippen molar-refractivity contribution >= 4 is 5.91 Å². The molecule has 1 amide bonds. The maximum Gasteiger partial charge on any atom is 0.387 e. The fraction of sp³-hybridized carbons (Fsp3) is 0.346. The normalized spacial score (nSPS) is 15.0. The van der Waals surface area contributed by atoms with Crippen LogP contribution in [0.5, 0.6) is 5.75 Å². The van der Waals surface area contributed by atoms with Crippen molar-refractivity contribution in [3.63, 3.8) is 0 Å². The summed E-state index contributed by atoms with van der Waals surface area (Å²) in [6.45, 7) is -0.171. The number of rotatable bonds is 9. The number of alkyl halides is 2. The van der Waals surface area contributed by atoms with E-state index in [-0.39, 0.29) is 17.7 Å². The predicted molar refractivity (Wildman–Crippen MR) is 121 cm³/mol. The maximum absolute atomic E-state index is 13.2. The molecular weight excluding hydrogens is 426 g/mol. The van der Waals surface area contributed by atoms with Crippen molar-refractivity contribution in [2.24, 2.45) is 0 Å². The Balaban J connectivity index is 1.40. The van der Waals surface area contributed by atoms with E-state index in [4.69, 9.17) is 4.42 Å². The molecule has 33 heavy (non-hydrogen) atoms. The first-order valence-corrected chi connectivity index (χ1v) is 11.2. The highest BCUT2D eigenvalue weighted by Crippen LogP contribution is 2.25. The summed E-state index contributed by atoms with van der Waals surface area (Å²) in [5, 5.41) is 0. The number of para-hydroxylation sites is 1. The zero-order valence-electron chi connectivity index (χ0n) is 18.4. The molecule has 0 atom stereocenters. The second kappa shape index (κ2) is 11.1. The molecule has 1 saturated heterocycles. The molecule has 0 radical (unpaired) electrons. The highest BCUT2D eigenvalue weighted by Gasteiger charge is 2.30. The van der Waals surface area contributed by atoms with E-state index in [0.717, 1.165) is 37.9 Å². The van der Waals surface area contributed by atoms with Gasteiger partial charge in [-0.2, -0.15) is 8.78 Å². The minimum Gasteiger partial charge on any atom is -0.459 e. The molecule has 174 valence electrons. The van der Waals surface area contributed by atoms with E-state index in [1.807, 2.05) is 35.2 Å². The van der Waals surface area contributed by atoms with Crippen molar-refractivity contribution in [2.75, 3.05) is 19.6 Å². The zero-order valence-corrected chi connectivity index (χ0v) is 18.4. The van der Waals surface area contributed by atoms with Gasteiger partial charge in [0.25, 0.3) is 5.91 Å². The van der Waals surface area contributed by atoms with Gasteiger partial charge in [-0.1, -0.05) is 48.5 Å². The van der Waals surface area contributed by atoms with Crippen molar-refractivity contribution in [3.05, 3.63) is 89.9 Å². The van der Waals surface area contributed by atoms with E-state index >= 15 is 0 Å². The summed E-state index contributed by atoms with van der Waals surface area (Å²) in [6.07, 6.45) is 3.90. The average Bonchev–Trinajstić information content (AvgIpc) is 3.37. The third kappa shape index (κ3) is 6.20. The van der Waals surface area contributed by atoms with Crippen LogP contribution >= 0.6 is 0 Å². The zero-order chi connectivity index (χ0) is 23.0. The average molecular weight is 455 g/mol. The minimum absolute atomic E-state index is 0.0925. The van der Waals surface area contributed by atoms with Crippen LogP contribution in [0.3, 0.4) is 0 Å². The quantitative estimate of drug-likeness (QED) is 0.444. The molecule has 1 aliphatic heterocycles. The third-order valence-corrected chi connectivity index (χ3v) is 6.06. The van der Waals surface area contributed by atoms with Crippen LogP contribution in [-0.2, 0) is 13.0 Å². The number of benzene rings is 2. The number of carbonyl (C=O) groups is 1. The molecule has 3 aromatic rings. The van der Waals surface area contributed by atoms with E-state index in [1.54, 1.807) is 24.3 Å². The molecule has 0 aliphatic carbocycles. The van der Waals surface area contributed by atoms with Crippen LogP contribution in [0.2, 0.25) is 0 Å². The number of carbonyl (C=O) groups excluding carboxylic acids is 1. The molecule has 0 spiro atoms. The lowest BCUT2D eigenvalue weighted by Gasteiger charge is -2.38. The van der Waals surface area contributed by atoms with Crippen LogP contribution in [0.15, 0.2) is 77.4 Å². The smallest absolute Gasteiger partial charge is 0.387 e. The van der Waals surface area contributed by atoms with Crippen molar-refractivity contribution in [1.82, 2.24) is 9.80 Å². The Kier molecular flexibility index (Phi) is 7.73. The first-order valence-electron chi connectivity index (χ1n) is 11.2. The Morgan fingerprint density at radius 3 is 2.45 bits per heavy atom. The third-order valence-electron chi connectivity index (χ3n) is 6.06. The number of ether oxygens (including phenoxy) is 1. The van der Waals surface area contributed by atoms with Crippen LogP contribution in [0.4, 0.5) is 8.78 Å². The van der Waals surface area contributed by atoms with Crippen molar-refractivity contribution in [3.8, 4) is 5.75 Å². The Bertz CT molecular complexity index is 1000. The monoisotopic (exact) mass is 454 g/mol. The van der Waals surface area contributed by atoms with Gasteiger partial charge in [0.05, 0.1) is 6.26 Å². The summed E-state index contributed by atoms with van der Waals surface area (Å²) in [7, 11) is 0. The number of furan rings is 1. The number of hydrogen-bond donors (Lipinski definition) is 0. The van der Waals surface area contributed by atoms with Gasteiger partial charge in [-0.3, -0.25) is 9.69 Å². The summed E-state index contributed by atoms with van der Waals surface area (Å²) in [5.74, 6) is 0.473. The number of hydrogen-bond acceptors (Lipinski definition) is 4. The molecule has 0 unspecified atom stereocenters. The van der Waals surface area contributed by atoms with Gasteiger partial charge in [0.15, 0.2) is 5.76 Å². The Morgan fingerprint density at radius 2 is 1.76 bits per heavy atom. The molecule has 0 saturated carbocycles. The highest BCUT2D eigenvalue weighted by atomic mass is 19.3. The molecule has 1 aliphatic rings. The molecule has 0 N–H and O–H groups in total. The highest BCUT2D eigenvalue weighted by molar-refractivity contribution is 5.91. The molecule has 1 fully saturated rings. The summed E-state index contributed by atoms with van der Waals surface area (Å²) < 4.78 is 35.5. The van der Waals surface area contributed by atoms with Gasteiger partial charge in [-0.05, 0) is 43.0 Å². The number of amides is 1. The van der Waals surface area contributed by atoms with Crippen molar-refractivity contribution < 1.29 is 22.7 Å². The van der Waals surface area contributed by atoms with Crippen LogP contribution < -0.4 is 4.74 Å². The molecule has 2 aromatic carbocycles. The van der Waals surface area contributed by atoms with Crippen LogP contribution in [-0.4, -0.2) is 48.0 Å².